The number of nitrogens with one attached hydrogen (secondary N) is 2. The van der Waals surface area contributed by atoms with E-state index >= 15 is 0 Å². The first kappa shape index (κ1) is 21.1. The molecule has 0 spiro atoms. The van der Waals surface area contributed by atoms with Crippen LogP contribution in [0.15, 0.2) is 29.4 Å². The van der Waals surface area contributed by atoms with Crippen LogP contribution in [-0.4, -0.2) is 40.9 Å². The van der Waals surface area contributed by atoms with Crippen molar-refractivity contribution in [1.82, 2.24) is 20.5 Å². The third-order valence-electron chi connectivity index (χ3n) is 4.21. The number of benzene rings is 1. The van der Waals surface area contributed by atoms with Crippen molar-refractivity contribution in [3.63, 3.8) is 0 Å². The highest BCUT2D eigenvalue weighted by Gasteiger charge is 2.10. The fourth-order valence-corrected chi connectivity index (χ4v) is 2.79. The monoisotopic (exact) mass is 387 g/mol. The number of ether oxygens (including phenoxy) is 1. The highest BCUT2D eigenvalue weighted by Crippen LogP contribution is 2.13. The Hall–Kier alpha value is -2.25. The van der Waals surface area contributed by atoms with Crippen LogP contribution in [0.25, 0.3) is 0 Å². The maximum Gasteiger partial charge on any atom is 0.186 e. The maximum absolute atomic E-state index is 5.29. The Bertz CT molecular complexity index is 767. The lowest BCUT2D eigenvalue weighted by molar-refractivity contribution is 0.145. The zero-order valence-electron chi connectivity index (χ0n) is 16.6. The molecule has 0 radical (unpaired) electrons. The van der Waals surface area contributed by atoms with E-state index in [1.165, 1.54) is 11.1 Å². The number of hydrazone groups is 1. The van der Waals surface area contributed by atoms with Crippen molar-refractivity contribution in [2.24, 2.45) is 5.10 Å². The minimum Gasteiger partial charge on any atom is -0.382 e. The number of hydrogen-bond donors (Lipinski definition) is 2. The summed E-state index contributed by atoms with van der Waals surface area (Å²) in [5, 5.41) is 12.5. The molecule has 0 saturated carbocycles. The van der Waals surface area contributed by atoms with Gasteiger partial charge in [-0.2, -0.15) is 10.2 Å². The van der Waals surface area contributed by atoms with Crippen LogP contribution in [0.4, 0.5) is 0 Å². The average Bonchev–Trinajstić information content (AvgIpc) is 2.91. The Morgan fingerprint density at radius 2 is 2.00 bits per heavy atom. The van der Waals surface area contributed by atoms with E-state index in [1.807, 2.05) is 18.5 Å². The summed E-state index contributed by atoms with van der Waals surface area (Å²) in [5.74, 6) is 0. The largest absolute Gasteiger partial charge is 0.382 e. The van der Waals surface area contributed by atoms with Crippen LogP contribution in [0.5, 0.6) is 0 Å². The van der Waals surface area contributed by atoms with Gasteiger partial charge in [-0.3, -0.25) is 10.1 Å². The van der Waals surface area contributed by atoms with Crippen LogP contribution in [-0.2, 0) is 11.3 Å². The molecule has 0 aliphatic carbocycles. The van der Waals surface area contributed by atoms with Crippen molar-refractivity contribution in [1.29, 1.82) is 0 Å². The molecule has 0 aliphatic heterocycles. The quantitative estimate of drug-likeness (QED) is 0.300. The molecule has 0 amide bonds. The molecule has 2 rings (SSSR count). The molecule has 7 heteroatoms. The molecule has 27 heavy (non-hydrogen) atoms. The number of aryl methyl sites for hydroxylation is 2. The Balaban J connectivity index is 1.89. The number of hydrogen-bond acceptors (Lipinski definition) is 4. The molecule has 0 saturated heterocycles. The second-order valence-corrected chi connectivity index (χ2v) is 6.81. The van der Waals surface area contributed by atoms with Gasteiger partial charge in [0.25, 0.3) is 0 Å². The predicted octanol–water partition coefficient (Wildman–Crippen LogP) is 3.08. The molecule has 2 N–H and O–H groups in total. The van der Waals surface area contributed by atoms with Gasteiger partial charge in [0.05, 0.1) is 18.5 Å². The van der Waals surface area contributed by atoms with Crippen molar-refractivity contribution < 1.29 is 4.74 Å². The van der Waals surface area contributed by atoms with Crippen LogP contribution < -0.4 is 10.7 Å². The second-order valence-electron chi connectivity index (χ2n) is 6.40. The number of nitrogens with zero attached hydrogens (tertiary/aromatic N) is 3. The first-order valence-corrected chi connectivity index (χ1v) is 9.66. The summed E-state index contributed by atoms with van der Waals surface area (Å²) in [5.41, 5.74) is 8.37. The summed E-state index contributed by atoms with van der Waals surface area (Å²) in [6, 6.07) is 8.51. The second kappa shape index (κ2) is 10.8. The van der Waals surface area contributed by atoms with E-state index in [4.69, 9.17) is 17.0 Å². The van der Waals surface area contributed by atoms with E-state index in [-0.39, 0.29) is 0 Å². The Morgan fingerprint density at radius 3 is 2.70 bits per heavy atom. The van der Waals surface area contributed by atoms with Crippen molar-refractivity contribution in [2.45, 2.75) is 40.7 Å². The molecule has 146 valence electrons. The van der Waals surface area contributed by atoms with Gasteiger partial charge in [-0.15, -0.1) is 0 Å². The van der Waals surface area contributed by atoms with E-state index < -0.39 is 0 Å². The molecule has 0 fully saturated rings. The number of aromatic nitrogens is 2. The van der Waals surface area contributed by atoms with E-state index in [9.17, 15) is 0 Å². The van der Waals surface area contributed by atoms with Crippen LogP contribution >= 0.6 is 12.2 Å². The Labute approximate surface area is 167 Å². The molecular formula is C20H29N5OS. The molecule has 0 atom stereocenters. The van der Waals surface area contributed by atoms with Gasteiger partial charge in [0.15, 0.2) is 5.11 Å². The minimum atomic E-state index is 0.505. The molecule has 6 nitrogen and oxygen atoms in total. The third-order valence-corrected chi connectivity index (χ3v) is 4.44. The predicted molar refractivity (Wildman–Crippen MR) is 114 cm³/mol. The first-order valence-electron chi connectivity index (χ1n) is 9.25. The molecular weight excluding hydrogens is 358 g/mol. The molecule has 1 aromatic heterocycles. The molecule has 0 unspecified atom stereocenters. The van der Waals surface area contributed by atoms with Crippen molar-refractivity contribution in [3.8, 4) is 0 Å². The fourth-order valence-electron chi connectivity index (χ4n) is 2.63. The summed E-state index contributed by atoms with van der Waals surface area (Å²) in [6.07, 6.45) is 2.68. The third kappa shape index (κ3) is 6.77. The van der Waals surface area contributed by atoms with Gasteiger partial charge in [0.2, 0.25) is 0 Å². The van der Waals surface area contributed by atoms with Crippen molar-refractivity contribution >= 4 is 23.5 Å². The highest BCUT2D eigenvalue weighted by molar-refractivity contribution is 7.80. The summed E-state index contributed by atoms with van der Waals surface area (Å²) in [4.78, 5) is 0. The molecule has 1 aromatic carbocycles. The van der Waals surface area contributed by atoms with Gasteiger partial charge in [-0.1, -0.05) is 29.8 Å². The topological polar surface area (TPSA) is 63.5 Å². The van der Waals surface area contributed by atoms with Gasteiger partial charge >= 0.3 is 0 Å². The van der Waals surface area contributed by atoms with E-state index in [0.29, 0.717) is 5.11 Å². The molecule has 0 bridgehead atoms. The summed E-state index contributed by atoms with van der Waals surface area (Å²) in [7, 11) is 0. The van der Waals surface area contributed by atoms with Crippen LogP contribution in [0.1, 0.15) is 41.4 Å². The zero-order valence-corrected chi connectivity index (χ0v) is 17.4. The van der Waals surface area contributed by atoms with Crippen molar-refractivity contribution in [2.75, 3.05) is 19.8 Å². The Morgan fingerprint density at radius 1 is 1.26 bits per heavy atom. The average molecular weight is 388 g/mol. The van der Waals surface area contributed by atoms with E-state index in [0.717, 1.165) is 49.7 Å². The number of thiocarbonyl (C=S) groups is 1. The van der Waals surface area contributed by atoms with Crippen LogP contribution in [0.3, 0.4) is 0 Å². The normalized spacial score (nSPS) is 11.1. The standard InChI is InChI=1S/C20H29N5OS/c1-5-26-12-6-11-21-20(27)23-22-13-19-16(3)24-25(17(19)4)14-18-9-7-15(2)8-10-18/h7-10,13H,5-6,11-12,14H2,1-4H3,(H2,21,23,27)/b22-13-. The molecule has 0 aliphatic rings. The van der Waals surface area contributed by atoms with Gasteiger partial charge in [-0.05, 0) is 51.9 Å². The van der Waals surface area contributed by atoms with Gasteiger partial charge in [0, 0.05) is 31.0 Å². The lowest BCUT2D eigenvalue weighted by Gasteiger charge is -2.07. The summed E-state index contributed by atoms with van der Waals surface area (Å²) in [6.45, 7) is 11.1. The van der Waals surface area contributed by atoms with Crippen LogP contribution in [0.2, 0.25) is 0 Å². The number of rotatable bonds is 9. The highest BCUT2D eigenvalue weighted by atomic mass is 32.1. The Kier molecular flexibility index (Phi) is 8.42. The zero-order chi connectivity index (χ0) is 19.6. The smallest absolute Gasteiger partial charge is 0.186 e. The van der Waals surface area contributed by atoms with Gasteiger partial charge in [-0.25, -0.2) is 0 Å². The molecule has 1 heterocycles. The van der Waals surface area contributed by atoms with E-state index in [1.54, 1.807) is 6.21 Å². The van der Waals surface area contributed by atoms with Gasteiger partial charge in [0.1, 0.15) is 0 Å². The van der Waals surface area contributed by atoms with Gasteiger partial charge < -0.3 is 10.1 Å². The fraction of sp³-hybridized carbons (Fsp3) is 0.450. The lowest BCUT2D eigenvalue weighted by atomic mass is 10.1. The lowest BCUT2D eigenvalue weighted by Crippen LogP contribution is -2.33. The first-order chi connectivity index (χ1) is 13.0. The molecule has 2 aromatic rings. The summed E-state index contributed by atoms with van der Waals surface area (Å²) < 4.78 is 7.29. The minimum absolute atomic E-state index is 0.505. The maximum atomic E-state index is 5.29. The SMILES string of the molecule is CCOCCCNC(=S)N/N=C\c1c(C)nn(Cc2ccc(C)cc2)c1C. The van der Waals surface area contributed by atoms with Crippen molar-refractivity contribution in [3.05, 3.63) is 52.3 Å². The van der Waals surface area contributed by atoms with E-state index in [2.05, 4.69) is 59.1 Å². The summed E-state index contributed by atoms with van der Waals surface area (Å²) >= 11 is 5.22. The van der Waals surface area contributed by atoms with Crippen LogP contribution in [0, 0.1) is 20.8 Å².